The lowest BCUT2D eigenvalue weighted by atomic mass is 9.94. The van der Waals surface area contributed by atoms with Crippen molar-refractivity contribution in [3.05, 3.63) is 107 Å². The molecule has 2 aliphatic heterocycles. The summed E-state index contributed by atoms with van der Waals surface area (Å²) in [5.74, 6) is 1.30. The van der Waals surface area contributed by atoms with Crippen LogP contribution in [-0.4, -0.2) is 115 Å². The molecule has 0 saturated carbocycles. The van der Waals surface area contributed by atoms with Gasteiger partial charge in [0.1, 0.15) is 23.6 Å². The molecule has 17 heteroatoms. The van der Waals surface area contributed by atoms with E-state index in [4.69, 9.17) is 4.74 Å². The first-order valence-corrected chi connectivity index (χ1v) is 21.9. The van der Waals surface area contributed by atoms with Crippen LogP contribution < -0.4 is 20.3 Å². The third-order valence-corrected chi connectivity index (χ3v) is 13.2. The summed E-state index contributed by atoms with van der Waals surface area (Å²) in [6.07, 6.45) is 4.65. The van der Waals surface area contributed by atoms with Gasteiger partial charge in [-0.15, -0.1) is 11.3 Å². The first kappa shape index (κ1) is 39.9. The van der Waals surface area contributed by atoms with Crippen LogP contribution in [-0.2, 0) is 19.4 Å². The number of anilines is 3. The van der Waals surface area contributed by atoms with E-state index >= 15 is 0 Å². The molecule has 0 unspecified atom stereocenters. The molecule has 0 aliphatic carbocycles. The number of aryl methyl sites for hydroxylation is 1. The average molecular weight is 846 g/mol. The van der Waals surface area contributed by atoms with E-state index in [1.54, 1.807) is 17.2 Å². The second-order valence-electron chi connectivity index (χ2n) is 15.1. The van der Waals surface area contributed by atoms with Gasteiger partial charge in [-0.05, 0) is 92.9 Å². The van der Waals surface area contributed by atoms with Crippen LogP contribution in [0.15, 0.2) is 79.3 Å². The molecule has 1 fully saturated rings. The fourth-order valence-electron chi connectivity index (χ4n) is 7.77. The van der Waals surface area contributed by atoms with Crippen molar-refractivity contribution in [2.75, 3.05) is 75.0 Å². The molecule has 0 radical (unpaired) electrons. The lowest BCUT2D eigenvalue weighted by Gasteiger charge is -2.32. The maximum absolute atomic E-state index is 13.5. The SMILES string of the molecule is CN1CCN(CCCNc2ncnc3c2cnn3-c2ccc(OCCCc3sc(N4CCc5cccc(C(=O)Nc6nc7ccccc7s6)c5C4)nc3C(O)O)cc2)CC1. The normalized spacial score (nSPS) is 14.9. The summed E-state index contributed by atoms with van der Waals surface area (Å²) in [5, 5.41) is 33.8. The van der Waals surface area contributed by atoms with Gasteiger partial charge in [0, 0.05) is 56.3 Å². The molecule has 1 amide bonds. The molecule has 0 bridgehead atoms. The summed E-state index contributed by atoms with van der Waals surface area (Å²) in [7, 11) is 2.18. The molecule has 60 heavy (non-hydrogen) atoms. The molecule has 4 N–H and O–H groups in total. The predicted octanol–water partition coefficient (Wildman–Crippen LogP) is 5.74. The molecule has 1 saturated heterocycles. The number of para-hydroxylation sites is 1. The topological polar surface area (TPSA) is 170 Å². The number of amides is 1. The number of thiazole rings is 2. The molecular formula is C43H47N11O4S2. The zero-order valence-electron chi connectivity index (χ0n) is 33.3. The lowest BCUT2D eigenvalue weighted by Crippen LogP contribution is -2.44. The Balaban J connectivity index is 0.789. The number of rotatable bonds is 15. The fourth-order valence-corrected chi connectivity index (χ4v) is 9.79. The van der Waals surface area contributed by atoms with Crippen molar-refractivity contribution in [2.24, 2.45) is 0 Å². The van der Waals surface area contributed by atoms with Gasteiger partial charge in [0.05, 0.1) is 34.1 Å². The van der Waals surface area contributed by atoms with Gasteiger partial charge >= 0.3 is 0 Å². The highest BCUT2D eigenvalue weighted by atomic mass is 32.1. The molecule has 15 nitrogen and oxygen atoms in total. The van der Waals surface area contributed by atoms with Crippen LogP contribution in [0.4, 0.5) is 16.1 Å². The maximum Gasteiger partial charge on any atom is 0.257 e. The first-order valence-electron chi connectivity index (χ1n) is 20.3. The number of benzene rings is 3. The smallest absolute Gasteiger partial charge is 0.257 e. The third kappa shape index (κ3) is 8.82. The second kappa shape index (κ2) is 18.0. The van der Waals surface area contributed by atoms with Crippen LogP contribution >= 0.6 is 22.7 Å². The lowest BCUT2D eigenvalue weighted by molar-refractivity contribution is -0.0459. The molecule has 0 atom stereocenters. The van der Waals surface area contributed by atoms with E-state index in [2.05, 4.69) is 63.5 Å². The largest absolute Gasteiger partial charge is 0.494 e. The minimum Gasteiger partial charge on any atom is -0.494 e. The van der Waals surface area contributed by atoms with E-state index in [0.29, 0.717) is 48.4 Å². The molecule has 310 valence electrons. The molecule has 4 aromatic heterocycles. The minimum atomic E-state index is -1.70. The van der Waals surface area contributed by atoms with Crippen molar-refractivity contribution in [1.29, 1.82) is 0 Å². The summed E-state index contributed by atoms with van der Waals surface area (Å²) in [6.45, 7) is 7.96. The number of aliphatic hydroxyl groups is 2. The predicted molar refractivity (Wildman–Crippen MR) is 236 cm³/mol. The maximum atomic E-state index is 13.5. The number of nitrogens with zero attached hydrogens (tertiary/aromatic N) is 9. The van der Waals surface area contributed by atoms with E-state index in [1.165, 1.54) is 22.7 Å². The Morgan fingerprint density at radius 2 is 1.78 bits per heavy atom. The average Bonchev–Trinajstić information content (AvgIpc) is 4.02. The van der Waals surface area contributed by atoms with Crippen LogP contribution in [0.5, 0.6) is 5.75 Å². The molecule has 3 aromatic carbocycles. The van der Waals surface area contributed by atoms with Gasteiger partial charge in [-0.25, -0.2) is 24.6 Å². The number of hydrogen-bond donors (Lipinski definition) is 4. The van der Waals surface area contributed by atoms with Gasteiger partial charge in [0.25, 0.3) is 5.91 Å². The Morgan fingerprint density at radius 3 is 2.62 bits per heavy atom. The first-order chi connectivity index (χ1) is 29.4. The number of aromatic nitrogens is 6. The Morgan fingerprint density at radius 1 is 0.933 bits per heavy atom. The van der Waals surface area contributed by atoms with Crippen molar-refractivity contribution in [2.45, 2.75) is 38.5 Å². The molecule has 2 aliphatic rings. The van der Waals surface area contributed by atoms with E-state index < -0.39 is 6.29 Å². The van der Waals surface area contributed by atoms with Crippen molar-refractivity contribution in [3.63, 3.8) is 0 Å². The highest BCUT2D eigenvalue weighted by Gasteiger charge is 2.27. The standard InChI is InChI=1S/C43H47N11O4S2/c1-51-20-22-52(23-21-51)18-6-17-44-38-32-25-47-54(39(32)46-27-45-38)29-12-14-30(15-13-29)58-24-5-11-36-37(41(56)57)49-43(60-36)53-19-16-28-7-4-8-31(33(28)26-53)40(55)50-42-48-34-9-2-3-10-35(34)59-42/h2-4,7-10,12-15,25,27,41,56-57H,5-6,11,16-24,26H2,1H3,(H,44,45,46)(H,48,50,55). The second-order valence-corrected chi connectivity index (χ2v) is 17.2. The summed E-state index contributed by atoms with van der Waals surface area (Å²) < 4.78 is 8.92. The number of aliphatic hydroxyl groups excluding tert-OH is 1. The minimum absolute atomic E-state index is 0.206. The number of nitrogens with one attached hydrogen (secondary N) is 2. The number of likely N-dealkylation sites (N-methyl/N-ethyl adjacent to an activating group) is 1. The Kier molecular flexibility index (Phi) is 11.9. The number of hydrogen-bond acceptors (Lipinski definition) is 15. The Bertz CT molecular complexity index is 2550. The molecule has 9 rings (SSSR count). The van der Waals surface area contributed by atoms with Gasteiger partial charge in [0.2, 0.25) is 0 Å². The van der Waals surface area contributed by atoms with Gasteiger partial charge in [-0.2, -0.15) is 5.10 Å². The Hall–Kier alpha value is -5.56. The fraction of sp³-hybridized carbons (Fsp3) is 0.349. The van der Waals surface area contributed by atoms with Crippen LogP contribution in [0.3, 0.4) is 0 Å². The van der Waals surface area contributed by atoms with Crippen LogP contribution in [0, 0.1) is 0 Å². The Labute approximate surface area is 355 Å². The van der Waals surface area contributed by atoms with E-state index in [1.807, 2.05) is 60.7 Å². The third-order valence-electron chi connectivity index (χ3n) is 11.1. The van der Waals surface area contributed by atoms with E-state index in [-0.39, 0.29) is 11.6 Å². The van der Waals surface area contributed by atoms with Crippen LogP contribution in [0.2, 0.25) is 0 Å². The molecular weight excluding hydrogens is 799 g/mol. The number of piperazine rings is 1. The molecule has 0 spiro atoms. The van der Waals surface area contributed by atoms with Crippen molar-refractivity contribution in [1.82, 2.24) is 39.5 Å². The van der Waals surface area contributed by atoms with Crippen molar-refractivity contribution >= 4 is 65.9 Å². The molecule has 6 heterocycles. The van der Waals surface area contributed by atoms with Crippen molar-refractivity contribution < 1.29 is 19.7 Å². The van der Waals surface area contributed by atoms with Gasteiger partial charge < -0.3 is 35.0 Å². The summed E-state index contributed by atoms with van der Waals surface area (Å²) >= 11 is 2.90. The highest BCUT2D eigenvalue weighted by molar-refractivity contribution is 7.22. The summed E-state index contributed by atoms with van der Waals surface area (Å²) in [6, 6.07) is 21.4. The van der Waals surface area contributed by atoms with Crippen molar-refractivity contribution in [3.8, 4) is 11.4 Å². The van der Waals surface area contributed by atoms with Gasteiger partial charge in [-0.3, -0.25) is 10.1 Å². The van der Waals surface area contributed by atoms with Gasteiger partial charge in [0.15, 0.2) is 22.2 Å². The molecule has 7 aromatic rings. The van der Waals surface area contributed by atoms with Crippen LogP contribution in [0.25, 0.3) is 26.9 Å². The van der Waals surface area contributed by atoms with Crippen LogP contribution in [0.1, 0.15) is 51.2 Å². The monoisotopic (exact) mass is 845 g/mol. The summed E-state index contributed by atoms with van der Waals surface area (Å²) in [5.41, 5.74) is 5.33. The summed E-state index contributed by atoms with van der Waals surface area (Å²) in [4.78, 5) is 39.6. The number of ether oxygens (including phenoxy) is 1. The van der Waals surface area contributed by atoms with Gasteiger partial charge in [-0.1, -0.05) is 35.6 Å². The zero-order chi connectivity index (χ0) is 41.0. The zero-order valence-corrected chi connectivity index (χ0v) is 35.0. The number of fused-ring (bicyclic) bond motifs is 3. The number of carbonyl (C=O) groups is 1. The van der Waals surface area contributed by atoms with E-state index in [9.17, 15) is 15.0 Å². The highest BCUT2D eigenvalue weighted by Crippen LogP contribution is 2.35. The van der Waals surface area contributed by atoms with E-state index in [0.717, 1.165) is 107 Å². The quantitative estimate of drug-likeness (QED) is 0.0729. The number of carbonyl (C=O) groups excluding carboxylic acids is 1.